The third-order valence-electron chi connectivity index (χ3n) is 3.05. The van der Waals surface area contributed by atoms with Gasteiger partial charge in [0.25, 0.3) is 0 Å². The maximum Gasteiger partial charge on any atom is 0.242 e. The maximum absolute atomic E-state index is 13.2. The van der Waals surface area contributed by atoms with Crippen LogP contribution in [0.5, 0.6) is 0 Å². The number of nitrogens with two attached hydrogens (primary N) is 1. The quantitative estimate of drug-likeness (QED) is 0.712. The second kappa shape index (κ2) is 7.93. The number of nitrogens with zero attached hydrogens (tertiary/aromatic N) is 1. The molecule has 0 radical (unpaired) electrons. The fourth-order valence-corrected chi connectivity index (χ4v) is 3.48. The Kier molecular flexibility index (Phi) is 6.86. The molecule has 0 aromatic heterocycles. The van der Waals surface area contributed by atoms with Crippen LogP contribution in [0.3, 0.4) is 0 Å². The molecule has 0 unspecified atom stereocenters. The molecular formula is C13H21ClFN3O2S. The SMILES string of the molecule is CCCN(CC)CCNS(=O)(=O)c1cc(N)c(F)cc1Cl. The van der Waals surface area contributed by atoms with E-state index in [2.05, 4.69) is 16.5 Å². The van der Waals surface area contributed by atoms with E-state index in [1.54, 1.807) is 0 Å². The van der Waals surface area contributed by atoms with Crippen LogP contribution in [0.15, 0.2) is 17.0 Å². The molecule has 0 aliphatic rings. The predicted molar refractivity (Wildman–Crippen MR) is 83.4 cm³/mol. The molecule has 8 heteroatoms. The first-order valence-corrected chi connectivity index (χ1v) is 8.64. The average Bonchev–Trinajstić information content (AvgIpc) is 2.41. The minimum absolute atomic E-state index is 0.185. The van der Waals surface area contributed by atoms with E-state index in [0.29, 0.717) is 6.54 Å². The molecule has 21 heavy (non-hydrogen) atoms. The molecule has 1 aromatic carbocycles. The number of hydrogen-bond acceptors (Lipinski definition) is 4. The summed E-state index contributed by atoms with van der Waals surface area (Å²) < 4.78 is 40.0. The second-order valence-corrected chi connectivity index (χ2v) is 6.78. The van der Waals surface area contributed by atoms with Crippen molar-refractivity contribution in [3.63, 3.8) is 0 Å². The summed E-state index contributed by atoms with van der Waals surface area (Å²) >= 11 is 5.78. The molecule has 0 spiro atoms. The van der Waals surface area contributed by atoms with E-state index in [4.69, 9.17) is 17.3 Å². The maximum atomic E-state index is 13.2. The van der Waals surface area contributed by atoms with Crippen molar-refractivity contribution in [3.8, 4) is 0 Å². The molecule has 5 nitrogen and oxygen atoms in total. The van der Waals surface area contributed by atoms with Crippen molar-refractivity contribution in [2.45, 2.75) is 25.2 Å². The Hall–Kier alpha value is -0.890. The van der Waals surface area contributed by atoms with Crippen LogP contribution in [0.1, 0.15) is 20.3 Å². The Balaban J connectivity index is 2.76. The Morgan fingerprint density at radius 2 is 2.00 bits per heavy atom. The Bertz CT molecular complexity index is 581. The zero-order valence-electron chi connectivity index (χ0n) is 12.2. The highest BCUT2D eigenvalue weighted by Crippen LogP contribution is 2.26. The summed E-state index contributed by atoms with van der Waals surface area (Å²) in [4.78, 5) is 1.92. The van der Waals surface area contributed by atoms with Crippen molar-refractivity contribution in [2.75, 3.05) is 31.9 Å². The van der Waals surface area contributed by atoms with Gasteiger partial charge in [-0.25, -0.2) is 17.5 Å². The third kappa shape index (κ3) is 5.10. The molecular weight excluding hydrogens is 317 g/mol. The van der Waals surface area contributed by atoms with Crippen LogP contribution in [-0.4, -0.2) is 39.5 Å². The third-order valence-corrected chi connectivity index (χ3v) is 4.97. The number of nitrogen functional groups attached to an aromatic ring is 1. The molecule has 0 fully saturated rings. The molecule has 0 aliphatic heterocycles. The summed E-state index contributed by atoms with van der Waals surface area (Å²) in [7, 11) is -3.80. The minimum atomic E-state index is -3.80. The normalized spacial score (nSPS) is 12.0. The number of hydrogen-bond donors (Lipinski definition) is 2. The number of rotatable bonds is 8. The van der Waals surface area contributed by atoms with Gasteiger partial charge in [0.2, 0.25) is 10.0 Å². The van der Waals surface area contributed by atoms with Crippen molar-refractivity contribution in [2.24, 2.45) is 0 Å². The van der Waals surface area contributed by atoms with Crippen LogP contribution < -0.4 is 10.5 Å². The van der Waals surface area contributed by atoms with Gasteiger partial charge in [-0.3, -0.25) is 0 Å². The van der Waals surface area contributed by atoms with Crippen molar-refractivity contribution < 1.29 is 12.8 Å². The first-order valence-electron chi connectivity index (χ1n) is 6.78. The van der Waals surface area contributed by atoms with Crippen LogP contribution in [0.4, 0.5) is 10.1 Å². The summed E-state index contributed by atoms with van der Waals surface area (Å²) in [5, 5.41) is -0.185. The summed E-state index contributed by atoms with van der Waals surface area (Å²) in [5.41, 5.74) is 5.14. The van der Waals surface area contributed by atoms with Gasteiger partial charge in [0.15, 0.2) is 0 Å². The molecule has 120 valence electrons. The standard InChI is InChI=1S/C13H21ClFN3O2S/c1-3-6-18(4-2)7-5-17-21(19,20)13-9-12(16)11(15)8-10(13)14/h8-9,17H,3-7,16H2,1-2H3. The Labute approximate surface area is 130 Å². The number of anilines is 1. The molecule has 0 saturated heterocycles. The lowest BCUT2D eigenvalue weighted by molar-refractivity contribution is 0.293. The molecule has 3 N–H and O–H groups in total. The van der Waals surface area contributed by atoms with E-state index >= 15 is 0 Å². The van der Waals surface area contributed by atoms with E-state index in [9.17, 15) is 12.8 Å². The first kappa shape index (κ1) is 18.2. The zero-order chi connectivity index (χ0) is 16.0. The predicted octanol–water partition coefficient (Wildman–Crippen LogP) is 2.07. The largest absolute Gasteiger partial charge is 0.396 e. The molecule has 0 heterocycles. The van der Waals surface area contributed by atoms with Crippen molar-refractivity contribution in [3.05, 3.63) is 23.0 Å². The monoisotopic (exact) mass is 337 g/mol. The summed E-state index contributed by atoms with van der Waals surface area (Å²) in [6, 6.07) is 1.94. The topological polar surface area (TPSA) is 75.4 Å². The van der Waals surface area contributed by atoms with Gasteiger partial charge in [-0.2, -0.15) is 0 Å². The van der Waals surface area contributed by atoms with Gasteiger partial charge >= 0.3 is 0 Å². The van der Waals surface area contributed by atoms with Gasteiger partial charge in [0.1, 0.15) is 10.7 Å². The van der Waals surface area contributed by atoms with Crippen LogP contribution in [0, 0.1) is 5.82 Å². The van der Waals surface area contributed by atoms with Crippen molar-refractivity contribution >= 4 is 27.3 Å². The van der Waals surface area contributed by atoms with Crippen LogP contribution >= 0.6 is 11.6 Å². The second-order valence-electron chi connectivity index (χ2n) is 4.64. The van der Waals surface area contributed by atoms with Gasteiger partial charge in [-0.05, 0) is 31.6 Å². The average molecular weight is 338 g/mol. The lowest BCUT2D eigenvalue weighted by atomic mass is 10.3. The number of halogens is 2. The van der Waals surface area contributed by atoms with E-state index in [0.717, 1.165) is 31.6 Å². The van der Waals surface area contributed by atoms with Crippen LogP contribution in [0.25, 0.3) is 0 Å². The van der Waals surface area contributed by atoms with Crippen LogP contribution in [0.2, 0.25) is 5.02 Å². The molecule has 0 saturated carbocycles. The van der Waals surface area contributed by atoms with E-state index < -0.39 is 15.8 Å². The summed E-state index contributed by atoms with van der Waals surface area (Å²) in [5.74, 6) is -0.737. The zero-order valence-corrected chi connectivity index (χ0v) is 13.8. The Morgan fingerprint density at radius 1 is 1.33 bits per heavy atom. The Morgan fingerprint density at radius 3 is 2.57 bits per heavy atom. The fourth-order valence-electron chi connectivity index (χ4n) is 1.91. The van der Waals surface area contributed by atoms with Gasteiger partial charge in [0, 0.05) is 13.1 Å². The van der Waals surface area contributed by atoms with Gasteiger partial charge in [0.05, 0.1) is 10.7 Å². The van der Waals surface area contributed by atoms with E-state index in [1.807, 2.05) is 6.92 Å². The molecule has 0 aliphatic carbocycles. The van der Waals surface area contributed by atoms with Gasteiger partial charge in [-0.15, -0.1) is 0 Å². The van der Waals surface area contributed by atoms with Gasteiger partial charge in [-0.1, -0.05) is 25.4 Å². The highest BCUT2D eigenvalue weighted by atomic mass is 35.5. The molecule has 0 atom stereocenters. The van der Waals surface area contributed by atoms with Gasteiger partial charge < -0.3 is 10.6 Å². The molecule has 1 aromatic rings. The lowest BCUT2D eigenvalue weighted by Crippen LogP contribution is -2.35. The first-order chi connectivity index (χ1) is 9.81. The minimum Gasteiger partial charge on any atom is -0.396 e. The highest BCUT2D eigenvalue weighted by molar-refractivity contribution is 7.89. The smallest absolute Gasteiger partial charge is 0.242 e. The van der Waals surface area contributed by atoms with E-state index in [1.165, 1.54) is 0 Å². The number of benzene rings is 1. The number of likely N-dealkylation sites (N-methyl/N-ethyl adjacent to an activating group) is 1. The van der Waals surface area contributed by atoms with E-state index in [-0.39, 0.29) is 22.2 Å². The highest BCUT2D eigenvalue weighted by Gasteiger charge is 2.19. The molecule has 0 amide bonds. The fraction of sp³-hybridized carbons (Fsp3) is 0.538. The summed E-state index contributed by atoms with van der Waals surface area (Å²) in [6.07, 6.45) is 1.00. The number of nitrogens with one attached hydrogen (secondary N) is 1. The van der Waals surface area contributed by atoms with Crippen LogP contribution in [-0.2, 0) is 10.0 Å². The molecule has 1 rings (SSSR count). The van der Waals surface area contributed by atoms with Crippen molar-refractivity contribution in [1.82, 2.24) is 9.62 Å². The lowest BCUT2D eigenvalue weighted by Gasteiger charge is -2.19. The number of sulfonamides is 1. The van der Waals surface area contributed by atoms with Crippen molar-refractivity contribution in [1.29, 1.82) is 0 Å². The molecule has 0 bridgehead atoms. The summed E-state index contributed by atoms with van der Waals surface area (Å²) in [6.45, 7) is 6.68.